The molecule has 2 amide bonds. The second-order valence-corrected chi connectivity index (χ2v) is 7.06. The number of carboxylic acid groups (broad SMARTS) is 1. The molecule has 1 unspecified atom stereocenters. The van der Waals surface area contributed by atoms with Crippen molar-refractivity contribution in [1.82, 2.24) is 4.90 Å². The lowest BCUT2D eigenvalue weighted by Gasteiger charge is -2.30. The smallest absolute Gasteiger partial charge is 0.337 e. The van der Waals surface area contributed by atoms with E-state index in [1.807, 2.05) is 6.92 Å². The molecule has 2 rings (SSSR count). The Morgan fingerprint density at radius 1 is 1.43 bits per heavy atom. The summed E-state index contributed by atoms with van der Waals surface area (Å²) in [5.74, 6) is -0.341. The SMILES string of the molecule is CC1CN(C(=O)Nc2c(Cl)cc(Cl)cc2C(=O)O)CCS1. The Labute approximate surface area is 136 Å². The monoisotopic (exact) mass is 348 g/mol. The van der Waals surface area contributed by atoms with Gasteiger partial charge in [-0.3, -0.25) is 0 Å². The number of nitrogens with zero attached hydrogens (tertiary/aromatic N) is 1. The number of amides is 2. The number of carbonyl (C=O) groups excluding carboxylic acids is 1. The normalized spacial score (nSPS) is 18.4. The number of thioether (sulfide) groups is 1. The van der Waals surface area contributed by atoms with Crippen molar-refractivity contribution >= 4 is 52.7 Å². The van der Waals surface area contributed by atoms with Crippen LogP contribution in [0.5, 0.6) is 0 Å². The van der Waals surface area contributed by atoms with E-state index in [-0.39, 0.29) is 27.3 Å². The molecule has 1 heterocycles. The zero-order chi connectivity index (χ0) is 15.6. The lowest BCUT2D eigenvalue weighted by atomic mass is 10.2. The standard InChI is InChI=1S/C13H14Cl2N2O3S/c1-7-6-17(2-3-21-7)13(20)16-11-9(12(18)19)4-8(14)5-10(11)15/h4-5,7H,2-3,6H2,1H3,(H,16,20)(H,18,19). The second-order valence-electron chi connectivity index (χ2n) is 4.67. The van der Waals surface area contributed by atoms with Crippen molar-refractivity contribution in [2.75, 3.05) is 24.2 Å². The number of halogens is 2. The van der Waals surface area contributed by atoms with Gasteiger partial charge in [0.25, 0.3) is 0 Å². The average Bonchev–Trinajstić information content (AvgIpc) is 2.41. The predicted octanol–water partition coefficient (Wildman–Crippen LogP) is 3.66. The fraction of sp³-hybridized carbons (Fsp3) is 0.385. The molecule has 0 aliphatic carbocycles. The van der Waals surface area contributed by atoms with Crippen molar-refractivity contribution in [3.63, 3.8) is 0 Å². The lowest BCUT2D eigenvalue weighted by Crippen LogP contribution is -2.43. The number of anilines is 1. The lowest BCUT2D eigenvalue weighted by molar-refractivity contribution is 0.0698. The fourth-order valence-corrected chi connectivity index (χ4v) is 3.61. The first-order valence-electron chi connectivity index (χ1n) is 6.28. The van der Waals surface area contributed by atoms with Crippen LogP contribution < -0.4 is 5.32 Å². The van der Waals surface area contributed by atoms with Crippen molar-refractivity contribution in [2.45, 2.75) is 12.2 Å². The first-order valence-corrected chi connectivity index (χ1v) is 8.09. The molecule has 0 spiro atoms. The summed E-state index contributed by atoms with van der Waals surface area (Å²) in [6, 6.07) is 2.31. The van der Waals surface area contributed by atoms with Gasteiger partial charge in [0.1, 0.15) is 0 Å². The fourth-order valence-electron chi connectivity index (χ4n) is 2.06. The Balaban J connectivity index is 2.22. The van der Waals surface area contributed by atoms with Crippen LogP contribution >= 0.6 is 35.0 Å². The van der Waals surface area contributed by atoms with Gasteiger partial charge >= 0.3 is 12.0 Å². The quantitative estimate of drug-likeness (QED) is 0.855. The van der Waals surface area contributed by atoms with E-state index in [2.05, 4.69) is 5.32 Å². The maximum atomic E-state index is 12.2. The number of urea groups is 1. The number of aromatic carboxylic acids is 1. The molecular weight excluding hydrogens is 335 g/mol. The minimum absolute atomic E-state index is 0.0736. The minimum Gasteiger partial charge on any atom is -0.478 e. The Bertz CT molecular complexity index is 583. The largest absolute Gasteiger partial charge is 0.478 e. The molecule has 5 nitrogen and oxygen atoms in total. The minimum atomic E-state index is -1.20. The molecule has 1 atom stereocenters. The molecule has 0 radical (unpaired) electrons. The summed E-state index contributed by atoms with van der Waals surface area (Å²) < 4.78 is 0. The van der Waals surface area contributed by atoms with E-state index in [1.54, 1.807) is 16.7 Å². The number of carboxylic acids is 1. The van der Waals surface area contributed by atoms with Crippen molar-refractivity contribution < 1.29 is 14.7 Å². The first kappa shape index (κ1) is 16.3. The van der Waals surface area contributed by atoms with Crippen LogP contribution in [0.15, 0.2) is 12.1 Å². The number of nitrogens with one attached hydrogen (secondary N) is 1. The number of hydrogen-bond donors (Lipinski definition) is 2. The van der Waals surface area contributed by atoms with Crippen LogP contribution in [0.3, 0.4) is 0 Å². The topological polar surface area (TPSA) is 69.6 Å². The zero-order valence-corrected chi connectivity index (χ0v) is 13.6. The van der Waals surface area contributed by atoms with Crippen LogP contribution in [0.4, 0.5) is 10.5 Å². The van der Waals surface area contributed by atoms with E-state index in [4.69, 9.17) is 23.2 Å². The molecule has 21 heavy (non-hydrogen) atoms. The van der Waals surface area contributed by atoms with E-state index in [1.165, 1.54) is 12.1 Å². The van der Waals surface area contributed by atoms with E-state index < -0.39 is 5.97 Å². The van der Waals surface area contributed by atoms with Crippen molar-refractivity contribution in [3.05, 3.63) is 27.7 Å². The van der Waals surface area contributed by atoms with Crippen LogP contribution in [0, 0.1) is 0 Å². The molecule has 0 saturated carbocycles. The molecule has 1 fully saturated rings. The summed E-state index contributed by atoms with van der Waals surface area (Å²) in [7, 11) is 0. The van der Waals surface area contributed by atoms with Crippen molar-refractivity contribution in [2.24, 2.45) is 0 Å². The molecule has 1 saturated heterocycles. The summed E-state index contributed by atoms with van der Waals surface area (Å²) in [5, 5.41) is 12.4. The van der Waals surface area contributed by atoms with Gasteiger partial charge in [0.15, 0.2) is 0 Å². The van der Waals surface area contributed by atoms with E-state index >= 15 is 0 Å². The molecule has 1 aliphatic rings. The predicted molar refractivity (Wildman–Crippen MR) is 85.9 cm³/mol. The Morgan fingerprint density at radius 2 is 2.14 bits per heavy atom. The van der Waals surface area contributed by atoms with Crippen LogP contribution in [-0.4, -0.2) is 46.1 Å². The molecule has 1 aromatic carbocycles. The van der Waals surface area contributed by atoms with Gasteiger partial charge < -0.3 is 15.3 Å². The summed E-state index contributed by atoms with van der Waals surface area (Å²) in [5.41, 5.74) is -0.0512. The second kappa shape index (κ2) is 6.77. The van der Waals surface area contributed by atoms with Gasteiger partial charge in [-0.05, 0) is 12.1 Å². The van der Waals surface area contributed by atoms with Gasteiger partial charge in [0, 0.05) is 29.1 Å². The maximum Gasteiger partial charge on any atom is 0.337 e. The Morgan fingerprint density at radius 3 is 2.76 bits per heavy atom. The van der Waals surface area contributed by atoms with Crippen molar-refractivity contribution in [3.8, 4) is 0 Å². The third-order valence-electron chi connectivity index (χ3n) is 3.05. The van der Waals surface area contributed by atoms with Gasteiger partial charge in [-0.2, -0.15) is 11.8 Å². The molecule has 1 aromatic rings. The highest BCUT2D eigenvalue weighted by Crippen LogP contribution is 2.31. The Kier molecular flexibility index (Phi) is 5.24. The summed E-state index contributed by atoms with van der Waals surface area (Å²) >= 11 is 13.6. The highest BCUT2D eigenvalue weighted by Gasteiger charge is 2.24. The van der Waals surface area contributed by atoms with Gasteiger partial charge in [-0.25, -0.2) is 9.59 Å². The average molecular weight is 349 g/mol. The zero-order valence-electron chi connectivity index (χ0n) is 11.2. The summed E-state index contributed by atoms with van der Waals surface area (Å²) in [4.78, 5) is 25.1. The van der Waals surface area contributed by atoms with Gasteiger partial charge in [-0.15, -0.1) is 0 Å². The van der Waals surface area contributed by atoms with Crippen LogP contribution in [0.25, 0.3) is 0 Å². The first-order chi connectivity index (χ1) is 9.88. The molecule has 1 aliphatic heterocycles. The molecule has 2 N–H and O–H groups in total. The summed E-state index contributed by atoms with van der Waals surface area (Å²) in [6.07, 6.45) is 0. The van der Waals surface area contributed by atoms with Crippen LogP contribution in [-0.2, 0) is 0 Å². The highest BCUT2D eigenvalue weighted by molar-refractivity contribution is 7.99. The van der Waals surface area contributed by atoms with E-state index in [0.29, 0.717) is 18.3 Å². The van der Waals surface area contributed by atoms with Crippen molar-refractivity contribution in [1.29, 1.82) is 0 Å². The van der Waals surface area contributed by atoms with E-state index in [9.17, 15) is 14.7 Å². The third kappa shape index (κ3) is 3.96. The highest BCUT2D eigenvalue weighted by atomic mass is 35.5. The van der Waals surface area contributed by atoms with E-state index in [0.717, 1.165) is 5.75 Å². The summed E-state index contributed by atoms with van der Waals surface area (Å²) in [6.45, 7) is 3.28. The number of benzene rings is 1. The third-order valence-corrected chi connectivity index (χ3v) is 4.70. The van der Waals surface area contributed by atoms with Gasteiger partial charge in [0.05, 0.1) is 16.3 Å². The van der Waals surface area contributed by atoms with Crippen LogP contribution in [0.1, 0.15) is 17.3 Å². The molecule has 0 aromatic heterocycles. The molecule has 114 valence electrons. The molecule has 0 bridgehead atoms. The number of carbonyl (C=O) groups is 2. The number of rotatable bonds is 2. The maximum absolute atomic E-state index is 12.2. The van der Waals surface area contributed by atoms with Gasteiger partial charge in [0.2, 0.25) is 0 Å². The van der Waals surface area contributed by atoms with Gasteiger partial charge in [-0.1, -0.05) is 30.1 Å². The Hall–Kier alpha value is -1.11. The molecule has 8 heteroatoms. The van der Waals surface area contributed by atoms with Crippen LogP contribution in [0.2, 0.25) is 10.0 Å². The number of hydrogen-bond acceptors (Lipinski definition) is 3. The molecular formula is C13H14Cl2N2O3S.